The molecule has 0 bridgehead atoms. The highest BCUT2D eigenvalue weighted by Crippen LogP contribution is 2.15. The van der Waals surface area contributed by atoms with E-state index >= 15 is 0 Å². The molecule has 0 fully saturated rings. The minimum Gasteiger partial charge on any atom is -0.494 e. The summed E-state index contributed by atoms with van der Waals surface area (Å²) in [4.78, 5) is 15.7. The number of hydrogen-bond acceptors (Lipinski definition) is 3. The average Bonchev–Trinajstić information content (AvgIpc) is 2.53. The number of halogens is 2. The Morgan fingerprint density at radius 1 is 1.09 bits per heavy atom. The van der Waals surface area contributed by atoms with E-state index in [4.69, 9.17) is 27.9 Å². The number of aromatic nitrogens is 1. The number of ether oxygens (including phenoxy) is 1. The van der Waals surface area contributed by atoms with Gasteiger partial charge in [-0.15, -0.1) is 0 Å². The minimum atomic E-state index is -0.150. The number of benzene rings is 1. The van der Waals surface area contributed by atoms with E-state index in [0.29, 0.717) is 28.9 Å². The molecule has 1 aromatic carbocycles. The second kappa shape index (κ2) is 8.61. The maximum atomic E-state index is 11.8. The van der Waals surface area contributed by atoms with Gasteiger partial charge in [0.15, 0.2) is 0 Å². The molecule has 0 saturated heterocycles. The van der Waals surface area contributed by atoms with Gasteiger partial charge in [-0.25, -0.2) is 4.98 Å². The van der Waals surface area contributed by atoms with Crippen molar-refractivity contribution in [2.24, 2.45) is 0 Å². The Morgan fingerprint density at radius 3 is 2.55 bits per heavy atom. The molecule has 22 heavy (non-hydrogen) atoms. The average molecular weight is 339 g/mol. The molecule has 6 heteroatoms. The number of carbonyl (C=O) groups is 1. The Hall–Kier alpha value is -1.78. The molecule has 4 nitrogen and oxygen atoms in total. The third kappa shape index (κ3) is 5.54. The first-order valence-electron chi connectivity index (χ1n) is 6.93. The van der Waals surface area contributed by atoms with E-state index < -0.39 is 0 Å². The molecule has 1 N–H and O–H groups in total. The van der Waals surface area contributed by atoms with Crippen LogP contribution in [0.15, 0.2) is 42.6 Å². The fraction of sp³-hybridized carbons (Fsp3) is 0.250. The van der Waals surface area contributed by atoms with Crippen molar-refractivity contribution >= 4 is 29.1 Å². The molecule has 0 radical (unpaired) electrons. The number of nitrogens with zero attached hydrogens (tertiary/aromatic N) is 1. The van der Waals surface area contributed by atoms with Gasteiger partial charge in [0.25, 0.3) is 5.91 Å². The largest absolute Gasteiger partial charge is 0.494 e. The zero-order valence-electron chi connectivity index (χ0n) is 11.9. The van der Waals surface area contributed by atoms with Crippen LogP contribution >= 0.6 is 23.2 Å². The Morgan fingerprint density at radius 2 is 1.86 bits per heavy atom. The number of hydrogen-bond donors (Lipinski definition) is 1. The van der Waals surface area contributed by atoms with Crippen LogP contribution in [-0.2, 0) is 0 Å². The van der Waals surface area contributed by atoms with Gasteiger partial charge in [0, 0.05) is 17.8 Å². The van der Waals surface area contributed by atoms with Crippen molar-refractivity contribution in [2.75, 3.05) is 13.2 Å². The Labute approximate surface area is 139 Å². The lowest BCUT2D eigenvalue weighted by molar-refractivity contribution is 0.0952. The number of unbranched alkanes of at least 4 members (excludes halogenated alkanes) is 1. The van der Waals surface area contributed by atoms with Crippen LogP contribution in [0.2, 0.25) is 10.2 Å². The molecule has 0 unspecified atom stereocenters. The fourth-order valence-electron chi connectivity index (χ4n) is 1.76. The summed E-state index contributed by atoms with van der Waals surface area (Å²) in [5, 5.41) is 3.89. The molecule has 2 aromatic rings. The zero-order chi connectivity index (χ0) is 15.8. The highest BCUT2D eigenvalue weighted by Gasteiger charge is 2.04. The van der Waals surface area contributed by atoms with Crippen LogP contribution in [0.3, 0.4) is 0 Å². The minimum absolute atomic E-state index is 0.150. The zero-order valence-corrected chi connectivity index (χ0v) is 13.4. The van der Waals surface area contributed by atoms with E-state index in [1.807, 2.05) is 12.1 Å². The SMILES string of the molecule is O=C(NCCCCOc1ccc(Cl)cc1)c1ccc(Cl)nc1. The molecule has 0 aliphatic heterocycles. The highest BCUT2D eigenvalue weighted by atomic mass is 35.5. The topological polar surface area (TPSA) is 51.2 Å². The van der Waals surface area contributed by atoms with Gasteiger partial charge >= 0.3 is 0 Å². The van der Waals surface area contributed by atoms with Gasteiger partial charge in [-0.2, -0.15) is 0 Å². The number of nitrogens with one attached hydrogen (secondary N) is 1. The third-order valence-electron chi connectivity index (χ3n) is 2.93. The molecular weight excluding hydrogens is 323 g/mol. The van der Waals surface area contributed by atoms with Gasteiger partial charge in [-0.3, -0.25) is 4.79 Å². The van der Waals surface area contributed by atoms with Gasteiger partial charge < -0.3 is 10.1 Å². The van der Waals surface area contributed by atoms with E-state index in [1.165, 1.54) is 6.20 Å². The first-order chi connectivity index (χ1) is 10.6. The number of carbonyl (C=O) groups excluding carboxylic acids is 1. The normalized spacial score (nSPS) is 10.3. The fourth-order valence-corrected chi connectivity index (χ4v) is 2.00. The molecular formula is C16H16Cl2N2O2. The van der Waals surface area contributed by atoms with E-state index in [1.54, 1.807) is 24.3 Å². The van der Waals surface area contributed by atoms with Gasteiger partial charge in [-0.05, 0) is 49.2 Å². The lowest BCUT2D eigenvalue weighted by atomic mass is 10.2. The predicted octanol–water partition coefficient (Wildman–Crippen LogP) is 3.98. The monoisotopic (exact) mass is 338 g/mol. The Balaban J connectivity index is 1.60. The van der Waals surface area contributed by atoms with Crippen molar-refractivity contribution in [1.29, 1.82) is 0 Å². The van der Waals surface area contributed by atoms with E-state index in [0.717, 1.165) is 18.6 Å². The summed E-state index contributed by atoms with van der Waals surface area (Å²) < 4.78 is 5.57. The van der Waals surface area contributed by atoms with Crippen LogP contribution < -0.4 is 10.1 Å². The summed E-state index contributed by atoms with van der Waals surface area (Å²) in [6.07, 6.45) is 3.14. The van der Waals surface area contributed by atoms with E-state index in [2.05, 4.69) is 10.3 Å². The van der Waals surface area contributed by atoms with Crippen molar-refractivity contribution in [1.82, 2.24) is 10.3 Å². The Bertz CT molecular complexity index is 601. The van der Waals surface area contributed by atoms with Crippen LogP contribution in [0.25, 0.3) is 0 Å². The van der Waals surface area contributed by atoms with Crippen LogP contribution in [-0.4, -0.2) is 24.0 Å². The predicted molar refractivity (Wildman–Crippen MR) is 87.8 cm³/mol. The van der Waals surface area contributed by atoms with Crippen molar-refractivity contribution in [3.8, 4) is 5.75 Å². The Kier molecular flexibility index (Phi) is 6.49. The first-order valence-corrected chi connectivity index (χ1v) is 7.69. The molecule has 1 heterocycles. The standard InChI is InChI=1S/C16H16Cl2N2O2/c17-13-4-6-14(7-5-13)22-10-2-1-9-19-16(21)12-3-8-15(18)20-11-12/h3-8,11H,1-2,9-10H2,(H,19,21). The molecule has 0 atom stereocenters. The summed E-state index contributed by atoms with van der Waals surface area (Å²) in [6.45, 7) is 1.19. The summed E-state index contributed by atoms with van der Waals surface area (Å²) in [5.74, 6) is 0.642. The lowest BCUT2D eigenvalue weighted by Gasteiger charge is -2.07. The van der Waals surface area contributed by atoms with Crippen LogP contribution in [0.1, 0.15) is 23.2 Å². The summed E-state index contributed by atoms with van der Waals surface area (Å²) >= 11 is 11.5. The van der Waals surface area contributed by atoms with Crippen LogP contribution in [0.4, 0.5) is 0 Å². The second-order valence-electron chi connectivity index (χ2n) is 4.63. The lowest BCUT2D eigenvalue weighted by Crippen LogP contribution is -2.24. The quantitative estimate of drug-likeness (QED) is 0.613. The molecule has 0 saturated carbocycles. The van der Waals surface area contributed by atoms with Gasteiger partial charge in [-0.1, -0.05) is 23.2 Å². The molecule has 1 aromatic heterocycles. The van der Waals surface area contributed by atoms with Gasteiger partial charge in [0.2, 0.25) is 0 Å². The van der Waals surface area contributed by atoms with Crippen LogP contribution in [0, 0.1) is 0 Å². The molecule has 2 rings (SSSR count). The smallest absolute Gasteiger partial charge is 0.252 e. The van der Waals surface area contributed by atoms with E-state index in [-0.39, 0.29) is 5.91 Å². The molecule has 0 aliphatic rings. The second-order valence-corrected chi connectivity index (χ2v) is 5.46. The molecule has 116 valence electrons. The maximum absolute atomic E-state index is 11.8. The highest BCUT2D eigenvalue weighted by molar-refractivity contribution is 6.30. The number of pyridine rings is 1. The first kappa shape index (κ1) is 16.6. The van der Waals surface area contributed by atoms with E-state index in [9.17, 15) is 4.79 Å². The third-order valence-corrected chi connectivity index (χ3v) is 3.40. The van der Waals surface area contributed by atoms with Crippen molar-refractivity contribution in [3.63, 3.8) is 0 Å². The maximum Gasteiger partial charge on any atom is 0.252 e. The van der Waals surface area contributed by atoms with Crippen molar-refractivity contribution in [3.05, 3.63) is 58.3 Å². The van der Waals surface area contributed by atoms with Crippen molar-refractivity contribution < 1.29 is 9.53 Å². The summed E-state index contributed by atoms with van der Waals surface area (Å²) in [5.41, 5.74) is 0.502. The number of rotatable bonds is 7. The van der Waals surface area contributed by atoms with Gasteiger partial charge in [0.05, 0.1) is 12.2 Å². The van der Waals surface area contributed by atoms with Crippen LogP contribution in [0.5, 0.6) is 5.75 Å². The van der Waals surface area contributed by atoms with Gasteiger partial charge in [0.1, 0.15) is 10.9 Å². The molecule has 0 aliphatic carbocycles. The molecule has 1 amide bonds. The van der Waals surface area contributed by atoms with Crippen molar-refractivity contribution in [2.45, 2.75) is 12.8 Å². The molecule has 0 spiro atoms. The summed E-state index contributed by atoms with van der Waals surface area (Å²) in [6, 6.07) is 10.5. The number of amides is 1. The summed E-state index contributed by atoms with van der Waals surface area (Å²) in [7, 11) is 0.